The van der Waals surface area contributed by atoms with Crippen LogP contribution in [0.4, 0.5) is 0 Å². The normalized spacial score (nSPS) is 41.4. The van der Waals surface area contributed by atoms with Crippen molar-refractivity contribution in [2.45, 2.75) is 105 Å². The molecule has 0 N–H and O–H groups in total. The molecular weight excluding hydrogens is 572 g/mol. The highest BCUT2D eigenvalue weighted by Gasteiger charge is 2.72. The predicted molar refractivity (Wildman–Crippen MR) is 166 cm³/mol. The average molecular weight is 621 g/mol. The van der Waals surface area contributed by atoms with E-state index in [4.69, 9.17) is 18.9 Å². The Balaban J connectivity index is 1.41. The maximum absolute atomic E-state index is 13.3. The second-order valence-corrected chi connectivity index (χ2v) is 15.6. The van der Waals surface area contributed by atoms with Crippen LogP contribution >= 0.6 is 0 Å². The third-order valence-electron chi connectivity index (χ3n) is 13.1. The summed E-state index contributed by atoms with van der Waals surface area (Å²) in [5.74, 6) is -0.822. The molecule has 5 aliphatic rings. The first kappa shape index (κ1) is 31.8. The molecule has 244 valence electrons. The lowest BCUT2D eigenvalue weighted by molar-refractivity contribution is -0.259. The third kappa shape index (κ3) is 4.84. The highest BCUT2D eigenvalue weighted by Crippen LogP contribution is 2.74. The van der Waals surface area contributed by atoms with Crippen molar-refractivity contribution < 1.29 is 38.1 Å². The molecule has 45 heavy (non-hydrogen) atoms. The molecule has 4 fully saturated rings. The molecule has 0 spiro atoms. The molecule has 1 aliphatic heterocycles. The topological polar surface area (TPSA) is 105 Å². The van der Waals surface area contributed by atoms with Gasteiger partial charge in [-0.25, -0.2) is 4.79 Å². The summed E-state index contributed by atoms with van der Waals surface area (Å²) in [6, 6.07) is 8.96. The number of ether oxygens (including phenoxy) is 4. The van der Waals surface area contributed by atoms with E-state index < -0.39 is 40.5 Å². The summed E-state index contributed by atoms with van der Waals surface area (Å²) in [4.78, 5) is 50.9. The Bertz CT molecular complexity index is 1410. The van der Waals surface area contributed by atoms with Crippen LogP contribution in [0.3, 0.4) is 0 Å². The molecule has 1 saturated heterocycles. The van der Waals surface area contributed by atoms with E-state index in [1.54, 1.807) is 12.1 Å². The molecule has 4 aliphatic carbocycles. The van der Waals surface area contributed by atoms with E-state index in [0.717, 1.165) is 19.3 Å². The highest BCUT2D eigenvalue weighted by atomic mass is 16.6. The Hall–Kier alpha value is -3.16. The quantitative estimate of drug-likeness (QED) is 0.210. The van der Waals surface area contributed by atoms with Crippen molar-refractivity contribution >= 4 is 23.9 Å². The summed E-state index contributed by atoms with van der Waals surface area (Å²) in [5.41, 5.74) is 0.111. The van der Waals surface area contributed by atoms with Crippen molar-refractivity contribution in [3.05, 3.63) is 47.5 Å². The number of allylic oxidation sites excluding steroid dienone is 1. The molecule has 1 aromatic carbocycles. The van der Waals surface area contributed by atoms with E-state index in [9.17, 15) is 19.2 Å². The number of carbonyl (C=O) groups is 4. The molecule has 0 bridgehead atoms. The zero-order chi connectivity index (χ0) is 32.5. The fourth-order valence-corrected chi connectivity index (χ4v) is 11.1. The van der Waals surface area contributed by atoms with E-state index in [1.165, 1.54) is 19.4 Å². The molecule has 0 aromatic heterocycles. The molecule has 1 aromatic rings. The SMILES string of the molecule is CC(=O)O[C@H]1C[C@@H](OC(=O)c2ccccc2)C(C)(C)C2C[C@@H](OC(C)=O)[C@@]3(C)C4=CC[C@@H](C5COC(=O)C5)[C@]4(C)CCC3[C@]21C. The monoisotopic (exact) mass is 620 g/mol. The van der Waals surface area contributed by atoms with Crippen LogP contribution in [0.5, 0.6) is 0 Å². The van der Waals surface area contributed by atoms with Gasteiger partial charge in [0, 0.05) is 42.4 Å². The molecule has 0 amide bonds. The Labute approximate surface area is 266 Å². The summed E-state index contributed by atoms with van der Waals surface area (Å²) in [6.07, 6.45) is 4.97. The van der Waals surface area contributed by atoms with Gasteiger partial charge in [-0.05, 0) is 61.0 Å². The van der Waals surface area contributed by atoms with Gasteiger partial charge in [-0.1, -0.05) is 64.5 Å². The molecule has 6 rings (SSSR count). The van der Waals surface area contributed by atoms with Crippen LogP contribution in [0.25, 0.3) is 0 Å². The minimum Gasteiger partial charge on any atom is -0.465 e. The van der Waals surface area contributed by atoms with Crippen molar-refractivity contribution in [3.8, 4) is 0 Å². The zero-order valence-corrected chi connectivity index (χ0v) is 27.7. The van der Waals surface area contributed by atoms with Crippen LogP contribution in [-0.2, 0) is 33.3 Å². The molecule has 3 unspecified atom stereocenters. The van der Waals surface area contributed by atoms with Gasteiger partial charge in [0.15, 0.2) is 0 Å². The number of carbonyl (C=O) groups excluding carboxylic acids is 4. The molecular formula is C37H48O8. The molecule has 8 heteroatoms. The number of esters is 4. The summed E-state index contributed by atoms with van der Waals surface area (Å²) in [7, 11) is 0. The lowest BCUT2D eigenvalue weighted by Crippen LogP contribution is -2.70. The summed E-state index contributed by atoms with van der Waals surface area (Å²) in [6.45, 7) is 14.5. The Morgan fingerprint density at radius 3 is 2.13 bits per heavy atom. The van der Waals surface area contributed by atoms with Crippen molar-refractivity contribution in [3.63, 3.8) is 0 Å². The first-order valence-electron chi connectivity index (χ1n) is 16.6. The van der Waals surface area contributed by atoms with Gasteiger partial charge in [-0.3, -0.25) is 14.4 Å². The van der Waals surface area contributed by atoms with Crippen molar-refractivity contribution in [2.24, 2.45) is 45.3 Å². The van der Waals surface area contributed by atoms with Crippen LogP contribution < -0.4 is 0 Å². The fraction of sp³-hybridized carbons (Fsp3) is 0.676. The Kier molecular flexibility index (Phi) is 7.76. The Morgan fingerprint density at radius 2 is 1.51 bits per heavy atom. The van der Waals surface area contributed by atoms with E-state index in [-0.39, 0.29) is 47.0 Å². The van der Waals surface area contributed by atoms with Crippen molar-refractivity contribution in [2.75, 3.05) is 6.61 Å². The number of hydrogen-bond acceptors (Lipinski definition) is 8. The van der Waals surface area contributed by atoms with Gasteiger partial charge in [-0.15, -0.1) is 0 Å². The lowest BCUT2D eigenvalue weighted by atomic mass is 9.36. The molecule has 10 atom stereocenters. The van der Waals surface area contributed by atoms with Gasteiger partial charge in [0.25, 0.3) is 0 Å². The average Bonchev–Trinajstić information content (AvgIpc) is 3.55. The van der Waals surface area contributed by atoms with E-state index >= 15 is 0 Å². The van der Waals surface area contributed by atoms with E-state index in [0.29, 0.717) is 31.4 Å². The van der Waals surface area contributed by atoms with Gasteiger partial charge >= 0.3 is 23.9 Å². The van der Waals surface area contributed by atoms with Crippen molar-refractivity contribution in [1.82, 2.24) is 0 Å². The predicted octanol–water partition coefficient (Wildman–Crippen LogP) is 6.46. The second-order valence-electron chi connectivity index (χ2n) is 15.6. The number of hydrogen-bond donors (Lipinski definition) is 0. The fourth-order valence-electron chi connectivity index (χ4n) is 11.1. The summed E-state index contributed by atoms with van der Waals surface area (Å²) >= 11 is 0. The largest absolute Gasteiger partial charge is 0.465 e. The van der Waals surface area contributed by atoms with Gasteiger partial charge in [-0.2, -0.15) is 0 Å². The van der Waals surface area contributed by atoms with Crippen LogP contribution in [0, 0.1) is 45.3 Å². The van der Waals surface area contributed by atoms with Crippen LogP contribution in [0.15, 0.2) is 42.0 Å². The summed E-state index contributed by atoms with van der Waals surface area (Å²) in [5, 5.41) is 0. The minimum absolute atomic E-state index is 0.0297. The second kappa shape index (κ2) is 11.0. The molecule has 0 radical (unpaired) electrons. The van der Waals surface area contributed by atoms with Crippen molar-refractivity contribution in [1.29, 1.82) is 0 Å². The third-order valence-corrected chi connectivity index (χ3v) is 13.1. The van der Waals surface area contributed by atoms with E-state index in [1.807, 2.05) is 18.2 Å². The number of cyclic esters (lactones) is 1. The van der Waals surface area contributed by atoms with Crippen LogP contribution in [-0.4, -0.2) is 48.8 Å². The maximum Gasteiger partial charge on any atom is 0.338 e. The van der Waals surface area contributed by atoms with Crippen LogP contribution in [0.1, 0.15) is 97.3 Å². The van der Waals surface area contributed by atoms with Gasteiger partial charge in [0.2, 0.25) is 0 Å². The molecule has 8 nitrogen and oxygen atoms in total. The van der Waals surface area contributed by atoms with Gasteiger partial charge in [0.1, 0.15) is 18.3 Å². The first-order chi connectivity index (χ1) is 21.1. The van der Waals surface area contributed by atoms with Gasteiger partial charge in [0.05, 0.1) is 18.6 Å². The maximum atomic E-state index is 13.3. The summed E-state index contributed by atoms with van der Waals surface area (Å²) < 4.78 is 24.2. The standard InChI is InChI=1S/C37H48O8/c1-21(38)43-30-18-28-34(3,4)29(45-33(41)23-11-9-8-10-12-23)19-31(44-22(2)39)37(28,7)27-15-16-35(5)25(24-17-32(40)42-20-24)13-14-26(35)36(27,30)6/h8-12,14,24-25,27-31H,13,15-20H2,1-7H3/t24?,25-,27?,28?,29+,30+,31-,35-,36-,37+/m0/s1. The van der Waals surface area contributed by atoms with Gasteiger partial charge < -0.3 is 18.9 Å². The molecule has 1 heterocycles. The van der Waals surface area contributed by atoms with Crippen LogP contribution in [0.2, 0.25) is 0 Å². The lowest BCUT2D eigenvalue weighted by Gasteiger charge is -2.70. The smallest absolute Gasteiger partial charge is 0.338 e. The number of rotatable bonds is 5. The minimum atomic E-state index is -0.515. The Morgan fingerprint density at radius 1 is 0.844 bits per heavy atom. The number of fused-ring (bicyclic) bond motifs is 5. The number of benzene rings is 1. The zero-order valence-electron chi connectivity index (χ0n) is 27.7. The van der Waals surface area contributed by atoms with E-state index in [2.05, 4.69) is 40.7 Å². The highest BCUT2D eigenvalue weighted by molar-refractivity contribution is 5.89. The molecule has 3 saturated carbocycles. The first-order valence-corrected chi connectivity index (χ1v) is 16.6.